The number of benzene rings is 2. The van der Waals surface area contributed by atoms with Gasteiger partial charge in [0.2, 0.25) is 10.0 Å². The Balaban J connectivity index is 1.89. The van der Waals surface area contributed by atoms with Crippen molar-refractivity contribution in [1.82, 2.24) is 0 Å². The first-order chi connectivity index (χ1) is 11.7. The summed E-state index contributed by atoms with van der Waals surface area (Å²) in [6.07, 6.45) is 0.0918. The van der Waals surface area contributed by atoms with Crippen LogP contribution in [-0.2, 0) is 14.8 Å². The number of amides is 1. The monoisotopic (exact) mass is 444 g/mol. The van der Waals surface area contributed by atoms with Crippen LogP contribution in [0, 0.1) is 0 Å². The molecule has 1 heterocycles. The van der Waals surface area contributed by atoms with Gasteiger partial charge in [-0.2, -0.15) is 0 Å². The van der Waals surface area contributed by atoms with Crippen molar-refractivity contribution in [3.63, 3.8) is 0 Å². The molecule has 1 atom stereocenters. The molecule has 0 bridgehead atoms. The van der Waals surface area contributed by atoms with E-state index in [1.165, 1.54) is 6.07 Å². The Labute approximate surface area is 158 Å². The molecule has 9 heteroatoms. The summed E-state index contributed by atoms with van der Waals surface area (Å²) in [5, 5.41) is 3.11. The van der Waals surface area contributed by atoms with Crippen molar-refractivity contribution in [3.8, 4) is 5.75 Å². The second-order valence-corrected chi connectivity index (χ2v) is 8.77. The fourth-order valence-corrected chi connectivity index (χ4v) is 3.94. The predicted octanol–water partition coefficient (Wildman–Crippen LogP) is 3.27. The Morgan fingerprint density at radius 2 is 2.08 bits per heavy atom. The number of nitrogens with zero attached hydrogens (tertiary/aromatic N) is 1. The van der Waals surface area contributed by atoms with Crippen LogP contribution in [0.1, 0.15) is 0 Å². The highest BCUT2D eigenvalue weighted by atomic mass is 79.9. The molecule has 0 aromatic heterocycles. The number of hydrogen-bond donors (Lipinski definition) is 1. The molecule has 1 amide bonds. The first kappa shape index (κ1) is 18.0. The zero-order valence-electron chi connectivity index (χ0n) is 13.1. The molecule has 6 nitrogen and oxygen atoms in total. The number of fused-ring (bicyclic) bond motifs is 1. The minimum absolute atomic E-state index is 0.133. The van der Waals surface area contributed by atoms with Gasteiger partial charge >= 0.3 is 0 Å². The van der Waals surface area contributed by atoms with E-state index >= 15 is 0 Å². The predicted molar refractivity (Wildman–Crippen MR) is 101 cm³/mol. The highest BCUT2D eigenvalue weighted by Crippen LogP contribution is 2.37. The minimum atomic E-state index is -3.59. The Kier molecular flexibility index (Phi) is 4.95. The normalized spacial score (nSPS) is 16.8. The lowest BCUT2D eigenvalue weighted by Gasteiger charge is -2.34. The van der Waals surface area contributed by atoms with Gasteiger partial charge in [-0.25, -0.2) is 8.42 Å². The third-order valence-corrected chi connectivity index (χ3v) is 5.45. The molecule has 1 N–H and O–H groups in total. The first-order valence-corrected chi connectivity index (χ1v) is 10.3. The van der Waals surface area contributed by atoms with Gasteiger partial charge in [-0.1, -0.05) is 33.6 Å². The highest BCUT2D eigenvalue weighted by molar-refractivity contribution is 9.10. The largest absolute Gasteiger partial charge is 0.476 e. The van der Waals surface area contributed by atoms with Gasteiger partial charge in [0, 0.05) is 15.2 Å². The molecule has 2 aromatic carbocycles. The fraction of sp³-hybridized carbons (Fsp3) is 0.188. The van der Waals surface area contributed by atoms with E-state index in [-0.39, 0.29) is 12.3 Å². The number of sulfonamides is 1. The van der Waals surface area contributed by atoms with Gasteiger partial charge in [-0.15, -0.1) is 0 Å². The summed E-state index contributed by atoms with van der Waals surface area (Å²) in [6, 6.07) is 11.7. The molecule has 0 saturated carbocycles. The molecule has 0 fully saturated rings. The van der Waals surface area contributed by atoms with Crippen LogP contribution in [-0.4, -0.2) is 33.2 Å². The molecule has 132 valence electrons. The van der Waals surface area contributed by atoms with Crippen LogP contribution in [0.2, 0.25) is 5.02 Å². The molecule has 1 aliphatic rings. The van der Waals surface area contributed by atoms with E-state index in [2.05, 4.69) is 21.2 Å². The van der Waals surface area contributed by atoms with Crippen LogP contribution in [0.4, 0.5) is 11.4 Å². The molecule has 0 radical (unpaired) electrons. The minimum Gasteiger partial charge on any atom is -0.476 e. The zero-order valence-corrected chi connectivity index (χ0v) is 16.2. The standard InChI is InChI=1S/C16H14BrClN2O4S/c1-25(22,23)20-9-15(24-14-6-5-11(18)8-13(14)20)16(21)19-12-4-2-3-10(17)7-12/h2-8,15H,9H2,1H3,(H,19,21)/t15-/m0/s1. The van der Waals surface area contributed by atoms with E-state index in [0.717, 1.165) is 15.0 Å². The fourth-order valence-electron chi connectivity index (χ4n) is 2.46. The first-order valence-electron chi connectivity index (χ1n) is 7.24. The Morgan fingerprint density at radius 3 is 2.76 bits per heavy atom. The molecule has 0 aliphatic carbocycles. The molecule has 0 unspecified atom stereocenters. The van der Waals surface area contributed by atoms with Crippen molar-refractivity contribution < 1.29 is 17.9 Å². The van der Waals surface area contributed by atoms with E-state index in [4.69, 9.17) is 16.3 Å². The molecular weight excluding hydrogens is 432 g/mol. The van der Waals surface area contributed by atoms with Crippen LogP contribution < -0.4 is 14.4 Å². The van der Waals surface area contributed by atoms with Gasteiger partial charge in [0.05, 0.1) is 18.5 Å². The highest BCUT2D eigenvalue weighted by Gasteiger charge is 2.35. The van der Waals surface area contributed by atoms with E-state index in [1.54, 1.807) is 30.3 Å². The lowest BCUT2D eigenvalue weighted by molar-refractivity contribution is -0.122. The summed E-state index contributed by atoms with van der Waals surface area (Å²) in [4.78, 5) is 12.5. The van der Waals surface area contributed by atoms with Gasteiger partial charge in [-0.05, 0) is 36.4 Å². The smallest absolute Gasteiger partial charge is 0.267 e. The Bertz CT molecular complexity index is 935. The van der Waals surface area contributed by atoms with Gasteiger partial charge in [0.25, 0.3) is 5.91 Å². The average Bonchev–Trinajstić information content (AvgIpc) is 2.52. The topological polar surface area (TPSA) is 75.7 Å². The van der Waals surface area contributed by atoms with Crippen molar-refractivity contribution in [3.05, 3.63) is 52.0 Å². The van der Waals surface area contributed by atoms with E-state index in [9.17, 15) is 13.2 Å². The molecule has 25 heavy (non-hydrogen) atoms. The SMILES string of the molecule is CS(=O)(=O)N1C[C@@H](C(=O)Nc2cccc(Br)c2)Oc2ccc(Cl)cc21. The summed E-state index contributed by atoms with van der Waals surface area (Å²) in [5.74, 6) is -0.150. The average molecular weight is 446 g/mol. The third-order valence-electron chi connectivity index (χ3n) is 3.58. The van der Waals surface area contributed by atoms with Crippen molar-refractivity contribution in [2.24, 2.45) is 0 Å². The van der Waals surface area contributed by atoms with Crippen molar-refractivity contribution in [2.45, 2.75) is 6.10 Å². The molecule has 2 aromatic rings. The van der Waals surface area contributed by atoms with E-state index in [1.807, 2.05) is 6.07 Å². The number of rotatable bonds is 3. The zero-order chi connectivity index (χ0) is 18.2. The molecule has 1 aliphatic heterocycles. The molecule has 0 saturated heterocycles. The van der Waals surface area contributed by atoms with Crippen LogP contribution >= 0.6 is 27.5 Å². The van der Waals surface area contributed by atoms with Crippen molar-refractivity contribution >= 4 is 54.8 Å². The lowest BCUT2D eigenvalue weighted by atomic mass is 10.2. The summed E-state index contributed by atoms with van der Waals surface area (Å²) in [5.41, 5.74) is 0.900. The number of ether oxygens (including phenoxy) is 1. The van der Waals surface area contributed by atoms with Crippen molar-refractivity contribution in [2.75, 3.05) is 22.4 Å². The lowest BCUT2D eigenvalue weighted by Crippen LogP contribution is -2.48. The van der Waals surface area contributed by atoms with Crippen LogP contribution in [0.3, 0.4) is 0 Å². The summed E-state index contributed by atoms with van der Waals surface area (Å²) >= 11 is 9.28. The quantitative estimate of drug-likeness (QED) is 0.787. The Hall–Kier alpha value is -1.77. The van der Waals surface area contributed by atoms with Crippen molar-refractivity contribution in [1.29, 1.82) is 0 Å². The van der Waals surface area contributed by atoms with Crippen LogP contribution in [0.15, 0.2) is 46.9 Å². The third kappa shape index (κ3) is 4.08. The second-order valence-electron chi connectivity index (χ2n) is 5.51. The summed E-state index contributed by atoms with van der Waals surface area (Å²) in [6.45, 7) is -0.133. The number of carbonyl (C=O) groups is 1. The van der Waals surface area contributed by atoms with Crippen LogP contribution in [0.25, 0.3) is 0 Å². The van der Waals surface area contributed by atoms with E-state index < -0.39 is 22.0 Å². The van der Waals surface area contributed by atoms with Crippen LogP contribution in [0.5, 0.6) is 5.75 Å². The number of halogens is 2. The van der Waals surface area contributed by atoms with Gasteiger partial charge in [0.1, 0.15) is 5.75 Å². The maximum absolute atomic E-state index is 12.5. The molecule has 0 spiro atoms. The van der Waals surface area contributed by atoms with Gasteiger partial charge in [0.15, 0.2) is 6.10 Å². The van der Waals surface area contributed by atoms with Gasteiger partial charge < -0.3 is 10.1 Å². The maximum Gasteiger partial charge on any atom is 0.267 e. The number of hydrogen-bond acceptors (Lipinski definition) is 4. The molecule has 3 rings (SSSR count). The Morgan fingerprint density at radius 1 is 1.32 bits per heavy atom. The number of nitrogens with one attached hydrogen (secondary N) is 1. The summed E-state index contributed by atoms with van der Waals surface area (Å²) < 4.78 is 31.9. The van der Waals surface area contributed by atoms with Gasteiger partial charge in [-0.3, -0.25) is 9.10 Å². The number of carbonyl (C=O) groups excluding carboxylic acids is 1. The second kappa shape index (κ2) is 6.86. The number of anilines is 2. The summed E-state index contributed by atoms with van der Waals surface area (Å²) in [7, 11) is -3.59. The maximum atomic E-state index is 12.5. The molecular formula is C16H14BrClN2O4S. The van der Waals surface area contributed by atoms with E-state index in [0.29, 0.717) is 16.4 Å².